The molecule has 0 aliphatic carbocycles. The highest BCUT2D eigenvalue weighted by Gasteiger charge is 2.13. The number of carbonyl (C=O) groups excluding carboxylic acids is 1. The number of nitrogens with zero attached hydrogens (tertiary/aromatic N) is 2. The minimum absolute atomic E-state index is 0.254. The van der Waals surface area contributed by atoms with Gasteiger partial charge < -0.3 is 15.1 Å². The lowest BCUT2D eigenvalue weighted by Gasteiger charge is -2.20. The Labute approximate surface area is 111 Å². The molecular formula is C13H16N4O2. The molecule has 0 atom stereocenters. The van der Waals surface area contributed by atoms with Crippen molar-refractivity contribution in [3.8, 4) is 11.5 Å². The Morgan fingerprint density at radius 2 is 2.11 bits per heavy atom. The summed E-state index contributed by atoms with van der Waals surface area (Å²) in [5, 5.41) is 13.0. The van der Waals surface area contributed by atoms with E-state index in [1.165, 1.54) is 6.39 Å². The van der Waals surface area contributed by atoms with E-state index in [0.717, 1.165) is 5.56 Å². The van der Waals surface area contributed by atoms with Crippen LogP contribution in [0.1, 0.15) is 20.8 Å². The lowest BCUT2D eigenvalue weighted by molar-refractivity contribution is 0.244. The normalized spacial score (nSPS) is 11.1. The SMILES string of the molecule is CC(C)(C)NC(=O)Nc1cccc(-c2nnco2)c1. The van der Waals surface area contributed by atoms with E-state index in [1.54, 1.807) is 12.1 Å². The predicted octanol–water partition coefficient (Wildman–Crippen LogP) is 2.66. The highest BCUT2D eigenvalue weighted by atomic mass is 16.4. The lowest BCUT2D eigenvalue weighted by Crippen LogP contribution is -2.43. The summed E-state index contributed by atoms with van der Waals surface area (Å²) in [6.45, 7) is 5.75. The van der Waals surface area contributed by atoms with Gasteiger partial charge in [-0.2, -0.15) is 0 Å². The quantitative estimate of drug-likeness (QED) is 0.869. The first-order valence-corrected chi connectivity index (χ1v) is 5.90. The molecule has 2 N–H and O–H groups in total. The predicted molar refractivity (Wildman–Crippen MR) is 71.6 cm³/mol. The third-order valence-electron chi connectivity index (χ3n) is 2.22. The van der Waals surface area contributed by atoms with Gasteiger partial charge in [-0.15, -0.1) is 10.2 Å². The van der Waals surface area contributed by atoms with Crippen molar-refractivity contribution >= 4 is 11.7 Å². The van der Waals surface area contributed by atoms with Crippen molar-refractivity contribution in [3.05, 3.63) is 30.7 Å². The fourth-order valence-corrected chi connectivity index (χ4v) is 1.53. The van der Waals surface area contributed by atoms with Crippen molar-refractivity contribution in [1.29, 1.82) is 0 Å². The van der Waals surface area contributed by atoms with Crippen LogP contribution in [0.5, 0.6) is 0 Å². The summed E-state index contributed by atoms with van der Waals surface area (Å²) >= 11 is 0. The Kier molecular flexibility index (Phi) is 3.50. The molecule has 19 heavy (non-hydrogen) atoms. The van der Waals surface area contributed by atoms with Crippen molar-refractivity contribution < 1.29 is 9.21 Å². The molecule has 0 spiro atoms. The number of amides is 2. The molecule has 1 aromatic heterocycles. The van der Waals surface area contributed by atoms with Gasteiger partial charge in [0.1, 0.15) is 0 Å². The number of nitrogens with one attached hydrogen (secondary N) is 2. The monoisotopic (exact) mass is 260 g/mol. The van der Waals surface area contributed by atoms with E-state index in [4.69, 9.17) is 4.42 Å². The van der Waals surface area contributed by atoms with E-state index in [-0.39, 0.29) is 11.6 Å². The first kappa shape index (κ1) is 13.1. The standard InChI is InChI=1S/C13H16N4O2/c1-13(2,3)16-12(18)15-10-6-4-5-9(7-10)11-17-14-8-19-11/h4-8H,1-3H3,(H2,15,16,18). The van der Waals surface area contributed by atoms with Gasteiger partial charge in [-0.05, 0) is 39.0 Å². The molecule has 0 saturated heterocycles. The third kappa shape index (κ3) is 3.80. The van der Waals surface area contributed by atoms with Crippen LogP contribution in [0.15, 0.2) is 35.1 Å². The number of hydrogen-bond acceptors (Lipinski definition) is 4. The molecule has 2 aromatic rings. The van der Waals surface area contributed by atoms with Crippen molar-refractivity contribution in [1.82, 2.24) is 15.5 Å². The number of rotatable bonds is 2. The molecule has 0 aliphatic rings. The van der Waals surface area contributed by atoms with Crippen LogP contribution in [0.3, 0.4) is 0 Å². The fourth-order valence-electron chi connectivity index (χ4n) is 1.53. The van der Waals surface area contributed by atoms with Crippen molar-refractivity contribution in [2.75, 3.05) is 5.32 Å². The van der Waals surface area contributed by atoms with Gasteiger partial charge >= 0.3 is 6.03 Å². The Morgan fingerprint density at radius 1 is 1.32 bits per heavy atom. The first-order valence-electron chi connectivity index (χ1n) is 5.90. The molecule has 2 amide bonds. The maximum absolute atomic E-state index is 11.8. The molecule has 0 radical (unpaired) electrons. The molecular weight excluding hydrogens is 244 g/mol. The second-order valence-corrected chi connectivity index (χ2v) is 5.15. The molecule has 1 heterocycles. The maximum atomic E-state index is 11.8. The third-order valence-corrected chi connectivity index (χ3v) is 2.22. The summed E-state index contributed by atoms with van der Waals surface area (Å²) in [6, 6.07) is 6.96. The number of carbonyl (C=O) groups is 1. The minimum atomic E-state index is -0.284. The van der Waals surface area contributed by atoms with Gasteiger partial charge in [0, 0.05) is 16.8 Å². The van der Waals surface area contributed by atoms with Crippen LogP contribution in [0, 0.1) is 0 Å². The summed E-state index contributed by atoms with van der Waals surface area (Å²) < 4.78 is 5.11. The van der Waals surface area contributed by atoms with E-state index < -0.39 is 0 Å². The zero-order valence-corrected chi connectivity index (χ0v) is 11.1. The smallest absolute Gasteiger partial charge is 0.319 e. The summed E-state index contributed by atoms with van der Waals surface area (Å²) in [6.07, 6.45) is 1.27. The minimum Gasteiger partial charge on any atom is -0.423 e. The van der Waals surface area contributed by atoms with E-state index in [9.17, 15) is 4.79 Å². The Hall–Kier alpha value is -2.37. The van der Waals surface area contributed by atoms with E-state index in [0.29, 0.717) is 11.6 Å². The van der Waals surface area contributed by atoms with Crippen LogP contribution in [0.2, 0.25) is 0 Å². The molecule has 0 bridgehead atoms. The van der Waals surface area contributed by atoms with Crippen LogP contribution < -0.4 is 10.6 Å². The van der Waals surface area contributed by atoms with Crippen molar-refractivity contribution in [2.24, 2.45) is 0 Å². The maximum Gasteiger partial charge on any atom is 0.319 e. The van der Waals surface area contributed by atoms with Gasteiger partial charge in [0.25, 0.3) is 0 Å². The molecule has 0 unspecified atom stereocenters. The second-order valence-electron chi connectivity index (χ2n) is 5.15. The zero-order chi connectivity index (χ0) is 13.9. The van der Waals surface area contributed by atoms with Crippen LogP contribution in [-0.2, 0) is 0 Å². The van der Waals surface area contributed by atoms with Crippen molar-refractivity contribution in [3.63, 3.8) is 0 Å². The fraction of sp³-hybridized carbons (Fsp3) is 0.308. The molecule has 2 rings (SSSR count). The molecule has 0 fully saturated rings. The van der Waals surface area contributed by atoms with Crippen LogP contribution in [-0.4, -0.2) is 21.8 Å². The molecule has 0 saturated carbocycles. The van der Waals surface area contributed by atoms with Gasteiger partial charge in [-0.1, -0.05) is 6.07 Å². The van der Waals surface area contributed by atoms with E-state index >= 15 is 0 Å². The summed E-state index contributed by atoms with van der Waals surface area (Å²) in [5.74, 6) is 0.417. The van der Waals surface area contributed by atoms with Crippen LogP contribution >= 0.6 is 0 Å². The largest absolute Gasteiger partial charge is 0.423 e. The van der Waals surface area contributed by atoms with Crippen LogP contribution in [0.25, 0.3) is 11.5 Å². The van der Waals surface area contributed by atoms with Crippen LogP contribution in [0.4, 0.5) is 10.5 Å². The Morgan fingerprint density at radius 3 is 2.74 bits per heavy atom. The van der Waals surface area contributed by atoms with Gasteiger partial charge in [0.15, 0.2) is 0 Å². The van der Waals surface area contributed by atoms with E-state index in [1.807, 2.05) is 32.9 Å². The number of aromatic nitrogens is 2. The highest BCUT2D eigenvalue weighted by molar-refractivity contribution is 5.90. The molecule has 1 aromatic carbocycles. The average molecular weight is 260 g/mol. The Balaban J connectivity index is 2.10. The first-order chi connectivity index (χ1) is 8.94. The van der Waals surface area contributed by atoms with Gasteiger partial charge in [-0.3, -0.25) is 0 Å². The summed E-state index contributed by atoms with van der Waals surface area (Å²) in [5.41, 5.74) is 1.14. The van der Waals surface area contributed by atoms with Gasteiger partial charge in [0.05, 0.1) is 0 Å². The summed E-state index contributed by atoms with van der Waals surface area (Å²) in [7, 11) is 0. The molecule has 6 nitrogen and oxygen atoms in total. The highest BCUT2D eigenvalue weighted by Crippen LogP contribution is 2.20. The lowest BCUT2D eigenvalue weighted by atomic mass is 10.1. The van der Waals surface area contributed by atoms with Gasteiger partial charge in [0.2, 0.25) is 12.3 Å². The number of anilines is 1. The zero-order valence-electron chi connectivity index (χ0n) is 11.1. The summed E-state index contributed by atoms with van der Waals surface area (Å²) in [4.78, 5) is 11.8. The topological polar surface area (TPSA) is 80.0 Å². The van der Waals surface area contributed by atoms with E-state index in [2.05, 4.69) is 20.8 Å². The molecule has 6 heteroatoms. The van der Waals surface area contributed by atoms with Gasteiger partial charge in [-0.25, -0.2) is 4.79 Å². The molecule has 100 valence electrons. The number of urea groups is 1. The second kappa shape index (κ2) is 5.09. The number of hydrogen-bond donors (Lipinski definition) is 2. The Bertz CT molecular complexity index is 558. The number of benzene rings is 1. The average Bonchev–Trinajstić information content (AvgIpc) is 2.79. The molecule has 0 aliphatic heterocycles. The van der Waals surface area contributed by atoms with Crippen molar-refractivity contribution in [2.45, 2.75) is 26.3 Å².